The van der Waals surface area contributed by atoms with Crippen LogP contribution in [0.3, 0.4) is 0 Å². The highest BCUT2D eigenvalue weighted by atomic mass is 19.1. The molecule has 1 aliphatic carbocycles. The topological polar surface area (TPSA) is 35.6 Å². The van der Waals surface area contributed by atoms with Gasteiger partial charge in [0.15, 0.2) is 0 Å². The first-order valence-corrected chi connectivity index (χ1v) is 10.6. The zero-order valence-electron chi connectivity index (χ0n) is 16.4. The number of nitrogens with one attached hydrogen (secondary N) is 1. The summed E-state index contributed by atoms with van der Waals surface area (Å²) >= 11 is 0. The normalized spacial score (nSPS) is 25.5. The highest BCUT2D eigenvalue weighted by Gasteiger charge is 2.33. The Labute approximate surface area is 162 Å². The summed E-state index contributed by atoms with van der Waals surface area (Å²) in [6, 6.07) is 6.18. The van der Waals surface area contributed by atoms with Gasteiger partial charge in [0.05, 0.1) is 5.92 Å². The number of nitrogens with zero attached hydrogens (tertiary/aromatic N) is 2. The molecule has 0 radical (unpaired) electrons. The number of hydrogen-bond acceptors (Lipinski definition) is 3. The Morgan fingerprint density at radius 3 is 2.63 bits per heavy atom. The molecule has 2 aliphatic heterocycles. The van der Waals surface area contributed by atoms with Crippen LogP contribution in [0.15, 0.2) is 18.2 Å². The first kappa shape index (κ1) is 18.9. The van der Waals surface area contributed by atoms with Crippen molar-refractivity contribution in [2.45, 2.75) is 64.1 Å². The molecule has 0 unspecified atom stereocenters. The molecule has 0 aromatic heterocycles. The molecule has 2 saturated heterocycles. The predicted molar refractivity (Wildman–Crippen MR) is 105 cm³/mol. The lowest BCUT2D eigenvalue weighted by Crippen LogP contribution is -2.50. The number of rotatable bonds is 5. The van der Waals surface area contributed by atoms with E-state index in [0.717, 1.165) is 76.8 Å². The van der Waals surface area contributed by atoms with Crippen LogP contribution in [0.25, 0.3) is 0 Å². The minimum absolute atomic E-state index is 0.152. The van der Waals surface area contributed by atoms with Crippen molar-refractivity contribution in [3.05, 3.63) is 35.1 Å². The van der Waals surface area contributed by atoms with Gasteiger partial charge < -0.3 is 5.32 Å². The van der Waals surface area contributed by atoms with Gasteiger partial charge in [-0.3, -0.25) is 14.6 Å². The van der Waals surface area contributed by atoms with Crippen LogP contribution in [0, 0.1) is 18.7 Å². The zero-order chi connectivity index (χ0) is 18.8. The second kappa shape index (κ2) is 8.27. The third-order valence-electron chi connectivity index (χ3n) is 6.52. The molecule has 4 rings (SSSR count). The lowest BCUT2D eigenvalue weighted by molar-refractivity contribution is -0.127. The predicted octanol–water partition coefficient (Wildman–Crippen LogP) is 3.09. The molecule has 1 N–H and O–H groups in total. The first-order valence-electron chi connectivity index (χ1n) is 10.6. The molecular formula is C22H32FN3O. The summed E-state index contributed by atoms with van der Waals surface area (Å²) in [5.74, 6) is 0.311. The van der Waals surface area contributed by atoms with Gasteiger partial charge in [0.25, 0.3) is 0 Å². The van der Waals surface area contributed by atoms with Crippen molar-refractivity contribution in [3.8, 4) is 0 Å². The molecule has 1 saturated carbocycles. The smallest absolute Gasteiger partial charge is 0.224 e. The molecule has 1 aromatic rings. The molecular weight excluding hydrogens is 341 g/mol. The molecule has 1 amide bonds. The van der Waals surface area contributed by atoms with Crippen LogP contribution in [0.2, 0.25) is 0 Å². The van der Waals surface area contributed by atoms with E-state index in [9.17, 15) is 9.18 Å². The van der Waals surface area contributed by atoms with Gasteiger partial charge in [0.2, 0.25) is 5.91 Å². The van der Waals surface area contributed by atoms with E-state index >= 15 is 0 Å². The summed E-state index contributed by atoms with van der Waals surface area (Å²) in [5.41, 5.74) is 2.27. The third-order valence-corrected chi connectivity index (χ3v) is 6.52. The minimum Gasteiger partial charge on any atom is -0.353 e. The van der Waals surface area contributed by atoms with Gasteiger partial charge in [-0.15, -0.1) is 0 Å². The Kier molecular flexibility index (Phi) is 5.79. The van der Waals surface area contributed by atoms with E-state index in [1.54, 1.807) is 12.1 Å². The van der Waals surface area contributed by atoms with Gasteiger partial charge in [-0.25, -0.2) is 4.39 Å². The summed E-state index contributed by atoms with van der Waals surface area (Å²) in [6.07, 6.45) is 6.83. The van der Waals surface area contributed by atoms with Crippen molar-refractivity contribution < 1.29 is 9.18 Å². The lowest BCUT2D eigenvalue weighted by Gasteiger charge is -2.42. The monoisotopic (exact) mass is 373 g/mol. The minimum atomic E-state index is -0.152. The summed E-state index contributed by atoms with van der Waals surface area (Å²) in [5, 5.41) is 3.19. The molecule has 3 fully saturated rings. The highest BCUT2D eigenvalue weighted by molar-refractivity contribution is 5.79. The van der Waals surface area contributed by atoms with Crippen molar-refractivity contribution in [3.63, 3.8) is 0 Å². The molecule has 3 aliphatic rings. The van der Waals surface area contributed by atoms with Crippen molar-refractivity contribution in [2.75, 3.05) is 26.2 Å². The van der Waals surface area contributed by atoms with Gasteiger partial charge in [0.1, 0.15) is 5.82 Å². The van der Waals surface area contributed by atoms with Gasteiger partial charge in [-0.2, -0.15) is 0 Å². The Bertz CT molecular complexity index is 668. The van der Waals surface area contributed by atoms with E-state index in [4.69, 9.17) is 0 Å². The van der Waals surface area contributed by atoms with E-state index < -0.39 is 0 Å². The van der Waals surface area contributed by atoms with E-state index in [1.165, 1.54) is 5.56 Å². The van der Waals surface area contributed by atoms with Crippen molar-refractivity contribution in [1.29, 1.82) is 0 Å². The van der Waals surface area contributed by atoms with Gasteiger partial charge in [-0.1, -0.05) is 6.07 Å². The van der Waals surface area contributed by atoms with E-state index in [1.807, 2.05) is 13.0 Å². The summed E-state index contributed by atoms with van der Waals surface area (Å²) in [7, 11) is 0. The van der Waals surface area contributed by atoms with Gasteiger partial charge in [0, 0.05) is 25.2 Å². The van der Waals surface area contributed by atoms with Gasteiger partial charge >= 0.3 is 0 Å². The number of aryl methyl sites for hydroxylation is 1. The summed E-state index contributed by atoms with van der Waals surface area (Å²) in [6.45, 7) is 7.13. The lowest BCUT2D eigenvalue weighted by atomic mass is 9.93. The molecule has 5 heteroatoms. The molecule has 0 spiro atoms. The quantitative estimate of drug-likeness (QED) is 0.862. The average molecular weight is 374 g/mol. The first-order chi connectivity index (χ1) is 13.1. The highest BCUT2D eigenvalue weighted by Crippen LogP contribution is 2.26. The van der Waals surface area contributed by atoms with Crippen molar-refractivity contribution in [2.24, 2.45) is 5.92 Å². The van der Waals surface area contributed by atoms with E-state index in [0.29, 0.717) is 12.1 Å². The number of benzene rings is 1. The fourth-order valence-electron chi connectivity index (χ4n) is 4.62. The number of amides is 1. The zero-order valence-corrected chi connectivity index (χ0v) is 16.4. The molecule has 2 heterocycles. The number of hydrogen-bond donors (Lipinski definition) is 1. The van der Waals surface area contributed by atoms with Crippen LogP contribution in [0.4, 0.5) is 4.39 Å². The number of piperidine rings is 2. The Morgan fingerprint density at radius 2 is 1.93 bits per heavy atom. The maximum atomic E-state index is 13.3. The molecule has 1 atom stereocenters. The summed E-state index contributed by atoms with van der Waals surface area (Å²) < 4.78 is 13.3. The fraction of sp³-hybridized carbons (Fsp3) is 0.682. The number of carbonyl (C=O) groups is 1. The Hall–Kier alpha value is -1.46. The maximum Gasteiger partial charge on any atom is 0.224 e. The second-order valence-electron chi connectivity index (χ2n) is 8.70. The van der Waals surface area contributed by atoms with Crippen LogP contribution >= 0.6 is 0 Å². The molecule has 0 bridgehead atoms. The van der Waals surface area contributed by atoms with Crippen LogP contribution in [-0.2, 0) is 11.3 Å². The number of halogens is 1. The number of carbonyl (C=O) groups excluding carboxylic acids is 1. The maximum absolute atomic E-state index is 13.3. The van der Waals surface area contributed by atoms with Crippen LogP contribution < -0.4 is 5.32 Å². The molecule has 4 nitrogen and oxygen atoms in total. The largest absolute Gasteiger partial charge is 0.353 e. The van der Waals surface area contributed by atoms with Gasteiger partial charge in [-0.05, 0) is 88.3 Å². The molecule has 27 heavy (non-hydrogen) atoms. The second-order valence-corrected chi connectivity index (χ2v) is 8.70. The SMILES string of the molecule is Cc1cc(F)ccc1CN1CCC(N2CCC[C@@H](C(=O)NC3CC3)C2)CC1. The van der Waals surface area contributed by atoms with E-state index in [-0.39, 0.29) is 17.6 Å². The fourth-order valence-corrected chi connectivity index (χ4v) is 4.62. The number of likely N-dealkylation sites (tertiary alicyclic amines) is 2. The molecule has 1 aromatic carbocycles. The summed E-state index contributed by atoms with van der Waals surface area (Å²) in [4.78, 5) is 17.5. The standard InChI is InChI=1S/C22H32FN3O/c1-16-13-19(23)5-4-17(16)14-25-11-8-21(9-12-25)26-10-2-3-18(15-26)22(27)24-20-6-7-20/h4-5,13,18,20-21H,2-3,6-12,14-15H2,1H3,(H,24,27)/t18-/m1/s1. The van der Waals surface area contributed by atoms with Crippen LogP contribution in [0.5, 0.6) is 0 Å². The Balaban J connectivity index is 1.26. The Morgan fingerprint density at radius 1 is 1.15 bits per heavy atom. The average Bonchev–Trinajstić information content (AvgIpc) is 3.49. The molecule has 148 valence electrons. The van der Waals surface area contributed by atoms with Crippen LogP contribution in [0.1, 0.15) is 49.7 Å². The van der Waals surface area contributed by atoms with E-state index in [2.05, 4.69) is 15.1 Å². The third kappa shape index (κ3) is 4.88. The van der Waals surface area contributed by atoms with Crippen LogP contribution in [-0.4, -0.2) is 54.0 Å². The van der Waals surface area contributed by atoms with Crippen molar-refractivity contribution >= 4 is 5.91 Å². The van der Waals surface area contributed by atoms with Crippen molar-refractivity contribution in [1.82, 2.24) is 15.1 Å².